The van der Waals surface area contributed by atoms with Crippen LogP contribution in [0, 0.1) is 5.82 Å². The van der Waals surface area contributed by atoms with Crippen molar-refractivity contribution in [2.75, 3.05) is 18.5 Å². The lowest BCUT2D eigenvalue weighted by Gasteiger charge is -2.20. The van der Waals surface area contributed by atoms with Gasteiger partial charge in [-0.25, -0.2) is 4.39 Å². The highest BCUT2D eigenvalue weighted by Gasteiger charge is 2.12. The molecule has 0 saturated heterocycles. The highest BCUT2D eigenvalue weighted by Crippen LogP contribution is 2.18. The van der Waals surface area contributed by atoms with E-state index >= 15 is 0 Å². The molecule has 0 saturated carbocycles. The van der Waals surface area contributed by atoms with Crippen LogP contribution in [0.4, 0.5) is 10.1 Å². The molecule has 18 heavy (non-hydrogen) atoms. The Balaban J connectivity index is 2.75. The van der Waals surface area contributed by atoms with Gasteiger partial charge in [-0.3, -0.25) is 9.59 Å². The maximum absolute atomic E-state index is 13.7. The molecule has 0 aromatic heterocycles. The van der Waals surface area contributed by atoms with Crippen molar-refractivity contribution in [3.63, 3.8) is 0 Å². The molecule has 0 fully saturated rings. The first-order valence-corrected chi connectivity index (χ1v) is 5.69. The SMILES string of the molecule is CC(C)NC(=O)CN(C)c1ccc(C=O)cc1F. The maximum atomic E-state index is 13.7. The molecule has 0 aliphatic heterocycles. The summed E-state index contributed by atoms with van der Waals surface area (Å²) in [4.78, 5) is 23.5. The zero-order chi connectivity index (χ0) is 13.7. The maximum Gasteiger partial charge on any atom is 0.239 e. The van der Waals surface area contributed by atoms with E-state index in [1.807, 2.05) is 13.8 Å². The summed E-state index contributed by atoms with van der Waals surface area (Å²) >= 11 is 0. The van der Waals surface area contributed by atoms with Gasteiger partial charge in [0.15, 0.2) is 0 Å². The highest BCUT2D eigenvalue weighted by atomic mass is 19.1. The number of hydrogen-bond donors (Lipinski definition) is 1. The summed E-state index contributed by atoms with van der Waals surface area (Å²) < 4.78 is 13.7. The lowest BCUT2D eigenvalue weighted by molar-refractivity contribution is -0.120. The van der Waals surface area contributed by atoms with Crippen molar-refractivity contribution in [1.82, 2.24) is 5.32 Å². The summed E-state index contributed by atoms with van der Waals surface area (Å²) in [5, 5.41) is 2.73. The Kier molecular flexibility index (Phi) is 4.83. The predicted molar refractivity (Wildman–Crippen MR) is 68.3 cm³/mol. The number of likely N-dealkylation sites (N-methyl/N-ethyl adjacent to an activating group) is 1. The van der Waals surface area contributed by atoms with Gasteiger partial charge < -0.3 is 10.2 Å². The fraction of sp³-hybridized carbons (Fsp3) is 0.385. The van der Waals surface area contributed by atoms with Crippen molar-refractivity contribution < 1.29 is 14.0 Å². The van der Waals surface area contributed by atoms with Gasteiger partial charge >= 0.3 is 0 Å². The van der Waals surface area contributed by atoms with E-state index in [1.54, 1.807) is 7.05 Å². The predicted octanol–water partition coefficient (Wildman–Crippen LogP) is 1.60. The Labute approximate surface area is 106 Å². The number of halogens is 1. The number of anilines is 1. The van der Waals surface area contributed by atoms with Crippen molar-refractivity contribution in [3.05, 3.63) is 29.6 Å². The smallest absolute Gasteiger partial charge is 0.239 e. The van der Waals surface area contributed by atoms with E-state index in [9.17, 15) is 14.0 Å². The molecule has 0 atom stereocenters. The number of nitrogens with one attached hydrogen (secondary N) is 1. The fourth-order valence-corrected chi connectivity index (χ4v) is 1.57. The molecule has 0 heterocycles. The fourth-order valence-electron chi connectivity index (χ4n) is 1.57. The van der Waals surface area contributed by atoms with Crippen LogP contribution < -0.4 is 10.2 Å². The molecule has 5 heteroatoms. The van der Waals surface area contributed by atoms with Gasteiger partial charge in [-0.1, -0.05) is 0 Å². The van der Waals surface area contributed by atoms with Crippen LogP contribution in [0.5, 0.6) is 0 Å². The quantitative estimate of drug-likeness (QED) is 0.810. The van der Waals surface area contributed by atoms with Gasteiger partial charge in [-0.2, -0.15) is 0 Å². The Hall–Kier alpha value is -1.91. The average molecular weight is 252 g/mol. The molecule has 4 nitrogen and oxygen atoms in total. The molecule has 0 unspecified atom stereocenters. The van der Waals surface area contributed by atoms with Gasteiger partial charge in [0.1, 0.15) is 12.1 Å². The molecule has 98 valence electrons. The van der Waals surface area contributed by atoms with Crippen LogP contribution >= 0.6 is 0 Å². The van der Waals surface area contributed by atoms with Crippen LogP contribution in [0.25, 0.3) is 0 Å². The number of aldehydes is 1. The monoisotopic (exact) mass is 252 g/mol. The Morgan fingerprint density at radius 1 is 1.50 bits per heavy atom. The average Bonchev–Trinajstić information content (AvgIpc) is 2.27. The van der Waals surface area contributed by atoms with Gasteiger partial charge in [0, 0.05) is 18.7 Å². The number of benzene rings is 1. The molecule has 1 aromatic rings. The Bertz CT molecular complexity index is 447. The zero-order valence-electron chi connectivity index (χ0n) is 10.7. The second-order valence-electron chi connectivity index (χ2n) is 4.41. The topological polar surface area (TPSA) is 49.4 Å². The minimum absolute atomic E-state index is 0.0492. The van der Waals surface area contributed by atoms with Crippen LogP contribution in [0.3, 0.4) is 0 Å². The van der Waals surface area contributed by atoms with Gasteiger partial charge in [-0.05, 0) is 32.0 Å². The van der Waals surface area contributed by atoms with Crippen LogP contribution in [0.1, 0.15) is 24.2 Å². The first-order valence-electron chi connectivity index (χ1n) is 5.69. The van der Waals surface area contributed by atoms with Crippen LogP contribution in [0.15, 0.2) is 18.2 Å². The highest BCUT2D eigenvalue weighted by molar-refractivity contribution is 5.82. The van der Waals surface area contributed by atoms with Gasteiger partial charge in [0.05, 0.1) is 12.2 Å². The number of amides is 1. The summed E-state index contributed by atoms with van der Waals surface area (Å²) in [5.74, 6) is -0.689. The third-order valence-corrected chi connectivity index (χ3v) is 2.35. The normalized spacial score (nSPS) is 10.3. The molecule has 1 aromatic carbocycles. The summed E-state index contributed by atoms with van der Waals surface area (Å²) in [6.45, 7) is 3.78. The van der Waals surface area contributed by atoms with Crippen LogP contribution in [0.2, 0.25) is 0 Å². The Morgan fingerprint density at radius 2 is 2.17 bits per heavy atom. The van der Waals surface area contributed by atoms with E-state index in [1.165, 1.54) is 17.0 Å². The summed E-state index contributed by atoms with van der Waals surface area (Å²) in [6.07, 6.45) is 0.582. The van der Waals surface area contributed by atoms with Crippen LogP contribution in [-0.2, 0) is 4.79 Å². The molecule has 1 N–H and O–H groups in total. The lowest BCUT2D eigenvalue weighted by Crippen LogP contribution is -2.38. The number of nitrogens with zero attached hydrogens (tertiary/aromatic N) is 1. The molecule has 0 spiro atoms. The van der Waals surface area contributed by atoms with E-state index in [0.29, 0.717) is 12.0 Å². The molecule has 0 aliphatic carbocycles. The van der Waals surface area contributed by atoms with Gasteiger partial charge in [-0.15, -0.1) is 0 Å². The second kappa shape index (κ2) is 6.14. The minimum atomic E-state index is -0.514. The minimum Gasteiger partial charge on any atom is -0.363 e. The molecule has 1 rings (SSSR count). The lowest BCUT2D eigenvalue weighted by atomic mass is 10.2. The van der Waals surface area contributed by atoms with Crippen molar-refractivity contribution in [1.29, 1.82) is 0 Å². The van der Waals surface area contributed by atoms with Crippen molar-refractivity contribution in [3.8, 4) is 0 Å². The first kappa shape index (κ1) is 14.2. The van der Waals surface area contributed by atoms with Crippen molar-refractivity contribution in [2.45, 2.75) is 19.9 Å². The van der Waals surface area contributed by atoms with E-state index in [0.717, 1.165) is 6.07 Å². The molecule has 1 amide bonds. The van der Waals surface area contributed by atoms with E-state index in [-0.39, 0.29) is 24.1 Å². The van der Waals surface area contributed by atoms with E-state index in [2.05, 4.69) is 5.32 Å². The molecular weight excluding hydrogens is 235 g/mol. The van der Waals surface area contributed by atoms with Crippen molar-refractivity contribution in [2.24, 2.45) is 0 Å². The Morgan fingerprint density at radius 3 is 2.67 bits per heavy atom. The first-order chi connectivity index (χ1) is 8.43. The summed E-state index contributed by atoms with van der Waals surface area (Å²) in [5.41, 5.74) is 0.566. The number of rotatable bonds is 5. The van der Waals surface area contributed by atoms with Gasteiger partial charge in [0.2, 0.25) is 5.91 Å². The zero-order valence-corrected chi connectivity index (χ0v) is 10.7. The largest absolute Gasteiger partial charge is 0.363 e. The third-order valence-electron chi connectivity index (χ3n) is 2.35. The van der Waals surface area contributed by atoms with Crippen molar-refractivity contribution >= 4 is 17.9 Å². The second-order valence-corrected chi connectivity index (χ2v) is 4.41. The third kappa shape index (κ3) is 3.84. The molecule has 0 radical (unpaired) electrons. The van der Waals surface area contributed by atoms with Gasteiger partial charge in [0.25, 0.3) is 0 Å². The molecule has 0 aliphatic rings. The number of carbonyl (C=O) groups is 2. The van der Waals surface area contributed by atoms with Crippen LogP contribution in [-0.4, -0.2) is 31.8 Å². The number of carbonyl (C=O) groups excluding carboxylic acids is 2. The molecule has 0 bridgehead atoms. The number of hydrogen-bond acceptors (Lipinski definition) is 3. The van der Waals surface area contributed by atoms with E-state index in [4.69, 9.17) is 0 Å². The summed E-state index contributed by atoms with van der Waals surface area (Å²) in [7, 11) is 1.62. The standard InChI is InChI=1S/C13H17FN2O2/c1-9(2)15-13(18)7-16(3)12-5-4-10(8-17)6-11(12)14/h4-6,8-9H,7H2,1-3H3,(H,15,18). The summed E-state index contributed by atoms with van der Waals surface area (Å²) in [6, 6.07) is 4.21. The van der Waals surface area contributed by atoms with E-state index < -0.39 is 5.82 Å². The molecular formula is C13H17FN2O2.